The smallest absolute Gasteiger partial charge is 0.230 e. The van der Waals surface area contributed by atoms with Gasteiger partial charge in [-0.25, -0.2) is 0 Å². The van der Waals surface area contributed by atoms with E-state index in [1.165, 1.54) is 0 Å². The Morgan fingerprint density at radius 2 is 2.55 bits per heavy atom. The number of nitrogens with one attached hydrogen (secondary N) is 2. The third kappa shape index (κ3) is 2.42. The van der Waals surface area contributed by atoms with Crippen LogP contribution in [-0.2, 0) is 9.59 Å². The predicted octanol–water partition coefficient (Wildman–Crippen LogP) is -1.08. The van der Waals surface area contributed by atoms with Crippen molar-refractivity contribution >= 4 is 24.4 Å². The molecule has 0 aromatic rings. The van der Waals surface area contributed by atoms with Gasteiger partial charge in [0.1, 0.15) is 0 Å². The minimum atomic E-state index is -0.130. The van der Waals surface area contributed by atoms with Gasteiger partial charge in [-0.3, -0.25) is 9.59 Å². The molecule has 0 aliphatic carbocycles. The van der Waals surface area contributed by atoms with Crippen molar-refractivity contribution in [1.29, 1.82) is 0 Å². The molecule has 0 saturated carbocycles. The second kappa shape index (κ2) is 3.61. The van der Waals surface area contributed by atoms with E-state index in [-0.39, 0.29) is 23.6 Å². The molecule has 1 fully saturated rings. The molecule has 1 rings (SSSR count). The van der Waals surface area contributed by atoms with Gasteiger partial charge in [0.25, 0.3) is 0 Å². The molecule has 0 aromatic carbocycles. The molecular weight excluding hydrogens is 164 g/mol. The number of hydrogen-bond donors (Lipinski definition) is 3. The fraction of sp³-hybridized carbons (Fsp3) is 0.667. The summed E-state index contributed by atoms with van der Waals surface area (Å²) in [5.41, 5.74) is 0. The molecule has 1 atom stereocenters. The molecule has 2 N–H and O–H groups in total. The van der Waals surface area contributed by atoms with Gasteiger partial charge >= 0.3 is 0 Å². The van der Waals surface area contributed by atoms with Crippen LogP contribution < -0.4 is 10.6 Å². The summed E-state index contributed by atoms with van der Waals surface area (Å²) in [5, 5.41) is 5.28. The largest absolute Gasteiger partial charge is 0.354 e. The lowest BCUT2D eigenvalue weighted by molar-refractivity contribution is -0.119. The molecule has 11 heavy (non-hydrogen) atoms. The third-order valence-corrected chi connectivity index (χ3v) is 1.77. The minimum absolute atomic E-state index is 0.00513. The van der Waals surface area contributed by atoms with E-state index < -0.39 is 0 Å². The zero-order valence-electron chi connectivity index (χ0n) is 5.96. The average Bonchev–Trinajstić information content (AvgIpc) is 2.35. The maximum Gasteiger partial charge on any atom is 0.230 e. The lowest BCUT2D eigenvalue weighted by Crippen LogP contribution is -2.36. The number of thiol groups is 1. The molecule has 0 aromatic heterocycles. The number of carbonyl (C=O) groups excluding carboxylic acids is 2. The molecular formula is C6H10N2O2S. The highest BCUT2D eigenvalue weighted by Crippen LogP contribution is 1.98. The van der Waals surface area contributed by atoms with Gasteiger partial charge < -0.3 is 10.6 Å². The van der Waals surface area contributed by atoms with Crippen molar-refractivity contribution in [1.82, 2.24) is 10.6 Å². The van der Waals surface area contributed by atoms with Crippen LogP contribution in [0.2, 0.25) is 0 Å². The van der Waals surface area contributed by atoms with Crippen LogP contribution in [0.1, 0.15) is 6.42 Å². The first-order valence-corrected chi connectivity index (χ1v) is 4.02. The van der Waals surface area contributed by atoms with Crippen molar-refractivity contribution in [2.24, 2.45) is 0 Å². The standard InChI is InChI=1S/C6H10N2O2S/c9-5-1-4(2-7-5)8-6(10)3-11/h4,11H,1-3H2,(H,7,9)(H,8,10). The fourth-order valence-corrected chi connectivity index (χ4v) is 1.07. The molecule has 0 spiro atoms. The summed E-state index contributed by atoms with van der Waals surface area (Å²) >= 11 is 3.79. The molecule has 1 saturated heterocycles. The molecule has 62 valence electrons. The Morgan fingerprint density at radius 1 is 1.82 bits per heavy atom. The van der Waals surface area contributed by atoms with E-state index in [0.717, 1.165) is 0 Å². The van der Waals surface area contributed by atoms with Crippen LogP contribution in [0.4, 0.5) is 0 Å². The molecule has 1 unspecified atom stereocenters. The van der Waals surface area contributed by atoms with Crippen LogP contribution in [0.3, 0.4) is 0 Å². The fourth-order valence-electron chi connectivity index (χ4n) is 0.981. The van der Waals surface area contributed by atoms with Crippen molar-refractivity contribution in [2.45, 2.75) is 12.5 Å². The van der Waals surface area contributed by atoms with Crippen LogP contribution in [0.5, 0.6) is 0 Å². The number of rotatable bonds is 2. The van der Waals surface area contributed by atoms with Crippen LogP contribution in [-0.4, -0.2) is 30.2 Å². The van der Waals surface area contributed by atoms with Crippen LogP contribution >= 0.6 is 12.6 Å². The highest BCUT2D eigenvalue weighted by Gasteiger charge is 2.21. The summed E-state index contributed by atoms with van der Waals surface area (Å²) in [6.07, 6.45) is 0.388. The maximum absolute atomic E-state index is 10.7. The van der Waals surface area contributed by atoms with Gasteiger partial charge in [-0.1, -0.05) is 0 Å². The SMILES string of the molecule is O=C1CC(NC(=O)CS)CN1. The Labute approximate surface area is 70.1 Å². The summed E-state index contributed by atoms with van der Waals surface area (Å²) in [6, 6.07) is -0.0397. The Kier molecular flexibility index (Phi) is 2.76. The minimum Gasteiger partial charge on any atom is -0.354 e. The monoisotopic (exact) mass is 174 g/mol. The second-order valence-electron chi connectivity index (χ2n) is 2.43. The van der Waals surface area contributed by atoms with E-state index >= 15 is 0 Å². The van der Waals surface area contributed by atoms with Gasteiger partial charge in [-0.05, 0) is 0 Å². The average molecular weight is 174 g/mol. The van der Waals surface area contributed by atoms with E-state index in [2.05, 4.69) is 23.3 Å². The second-order valence-corrected chi connectivity index (χ2v) is 2.75. The zero-order chi connectivity index (χ0) is 8.27. The van der Waals surface area contributed by atoms with Crippen LogP contribution in [0.25, 0.3) is 0 Å². The highest BCUT2D eigenvalue weighted by atomic mass is 32.1. The Balaban J connectivity index is 2.28. The molecule has 5 heteroatoms. The van der Waals surface area contributed by atoms with Gasteiger partial charge in [0, 0.05) is 13.0 Å². The molecule has 0 radical (unpaired) electrons. The molecule has 1 heterocycles. The quantitative estimate of drug-likeness (QED) is 0.466. The molecule has 2 amide bonds. The first-order valence-electron chi connectivity index (χ1n) is 3.39. The lowest BCUT2D eigenvalue weighted by Gasteiger charge is -2.07. The van der Waals surface area contributed by atoms with E-state index in [9.17, 15) is 9.59 Å². The Bertz CT molecular complexity index is 183. The van der Waals surface area contributed by atoms with Crippen LogP contribution in [0.15, 0.2) is 0 Å². The summed E-state index contributed by atoms with van der Waals surface area (Å²) in [7, 11) is 0. The van der Waals surface area contributed by atoms with Crippen molar-refractivity contribution in [3.05, 3.63) is 0 Å². The molecule has 0 bridgehead atoms. The number of carbonyl (C=O) groups is 2. The first kappa shape index (κ1) is 8.39. The number of hydrogen-bond acceptors (Lipinski definition) is 3. The summed E-state index contributed by atoms with van der Waals surface area (Å²) in [4.78, 5) is 21.4. The van der Waals surface area contributed by atoms with Crippen molar-refractivity contribution in [3.63, 3.8) is 0 Å². The highest BCUT2D eigenvalue weighted by molar-refractivity contribution is 7.81. The van der Waals surface area contributed by atoms with E-state index in [4.69, 9.17) is 0 Å². The topological polar surface area (TPSA) is 58.2 Å². The Hall–Kier alpha value is -0.710. The normalized spacial score (nSPS) is 23.0. The van der Waals surface area contributed by atoms with E-state index in [0.29, 0.717) is 13.0 Å². The van der Waals surface area contributed by atoms with Crippen LogP contribution in [0, 0.1) is 0 Å². The summed E-state index contributed by atoms with van der Waals surface area (Å²) in [6.45, 7) is 0.540. The van der Waals surface area contributed by atoms with Gasteiger partial charge in [-0.2, -0.15) is 12.6 Å². The first-order chi connectivity index (χ1) is 5.22. The zero-order valence-corrected chi connectivity index (χ0v) is 6.86. The predicted molar refractivity (Wildman–Crippen MR) is 43.4 cm³/mol. The van der Waals surface area contributed by atoms with Gasteiger partial charge in [0.05, 0.1) is 11.8 Å². The van der Waals surface area contributed by atoms with Crippen molar-refractivity contribution in [2.75, 3.05) is 12.3 Å². The van der Waals surface area contributed by atoms with Gasteiger partial charge in [0.2, 0.25) is 11.8 Å². The van der Waals surface area contributed by atoms with E-state index in [1.54, 1.807) is 0 Å². The lowest BCUT2D eigenvalue weighted by atomic mass is 10.2. The molecule has 1 aliphatic rings. The summed E-state index contributed by atoms with van der Waals surface area (Å²) in [5.74, 6) is 0.0364. The molecule has 4 nitrogen and oxygen atoms in total. The number of amides is 2. The van der Waals surface area contributed by atoms with E-state index in [1.807, 2.05) is 0 Å². The summed E-state index contributed by atoms with van der Waals surface area (Å²) < 4.78 is 0. The van der Waals surface area contributed by atoms with Gasteiger partial charge in [-0.15, -0.1) is 0 Å². The Morgan fingerprint density at radius 3 is 3.00 bits per heavy atom. The van der Waals surface area contributed by atoms with Crippen molar-refractivity contribution < 1.29 is 9.59 Å². The molecule has 1 aliphatic heterocycles. The van der Waals surface area contributed by atoms with Gasteiger partial charge in [0.15, 0.2) is 0 Å². The van der Waals surface area contributed by atoms with Crippen molar-refractivity contribution in [3.8, 4) is 0 Å². The maximum atomic E-state index is 10.7. The third-order valence-electron chi connectivity index (χ3n) is 1.49.